The summed E-state index contributed by atoms with van der Waals surface area (Å²) >= 11 is 0. The molecule has 1 aliphatic heterocycles. The van der Waals surface area contributed by atoms with Crippen molar-refractivity contribution >= 4 is 11.9 Å². The van der Waals surface area contributed by atoms with Crippen LogP contribution in [0.3, 0.4) is 0 Å². The second-order valence-corrected chi connectivity index (χ2v) is 7.43. The molecule has 1 aromatic carbocycles. The van der Waals surface area contributed by atoms with Crippen LogP contribution in [0.15, 0.2) is 29.3 Å². The largest absolute Gasteiger partial charge is 0.379 e. The van der Waals surface area contributed by atoms with Crippen molar-refractivity contribution in [1.82, 2.24) is 20.9 Å². The molecule has 1 heterocycles. The highest BCUT2D eigenvalue weighted by Gasteiger charge is 2.29. The van der Waals surface area contributed by atoms with E-state index in [-0.39, 0.29) is 23.7 Å². The van der Waals surface area contributed by atoms with Crippen LogP contribution < -0.4 is 16.0 Å². The summed E-state index contributed by atoms with van der Waals surface area (Å²) in [5.74, 6) is 0.827. The molecule has 8 heteroatoms. The smallest absolute Gasteiger partial charge is 0.223 e. The molecule has 1 aliphatic carbocycles. The average molecular weight is 406 g/mol. The van der Waals surface area contributed by atoms with Crippen molar-refractivity contribution in [2.75, 3.05) is 52.5 Å². The Bertz CT molecular complexity index is 689. The molecular weight excluding hydrogens is 373 g/mol. The lowest BCUT2D eigenvalue weighted by molar-refractivity contribution is -0.122. The van der Waals surface area contributed by atoms with Gasteiger partial charge >= 0.3 is 0 Å². The summed E-state index contributed by atoms with van der Waals surface area (Å²) in [6, 6.07) is 6.73. The molecule has 1 aromatic rings. The first-order valence-electron chi connectivity index (χ1n) is 10.5. The average Bonchev–Trinajstić information content (AvgIpc) is 3.57. The van der Waals surface area contributed by atoms with E-state index in [1.54, 1.807) is 12.1 Å². The Morgan fingerprint density at radius 1 is 1.24 bits per heavy atom. The fourth-order valence-electron chi connectivity index (χ4n) is 3.41. The zero-order valence-corrected chi connectivity index (χ0v) is 17.1. The molecule has 7 nitrogen and oxygen atoms in total. The van der Waals surface area contributed by atoms with Crippen LogP contribution in [0.4, 0.5) is 4.39 Å². The number of aliphatic imine (C=N–C) groups is 1. The van der Waals surface area contributed by atoms with E-state index in [1.807, 2.05) is 13.0 Å². The predicted octanol–water partition coefficient (Wildman–Crippen LogP) is 1.28. The summed E-state index contributed by atoms with van der Waals surface area (Å²) in [7, 11) is 0. The van der Waals surface area contributed by atoms with Gasteiger partial charge in [0.1, 0.15) is 5.82 Å². The van der Waals surface area contributed by atoms with Crippen LogP contribution in [-0.2, 0) is 9.53 Å². The Morgan fingerprint density at radius 3 is 2.69 bits per heavy atom. The van der Waals surface area contributed by atoms with Gasteiger partial charge in [-0.05, 0) is 37.5 Å². The van der Waals surface area contributed by atoms with Crippen LogP contribution in [0.25, 0.3) is 0 Å². The number of hydrogen-bond acceptors (Lipinski definition) is 4. The van der Waals surface area contributed by atoms with E-state index in [1.165, 1.54) is 6.07 Å². The number of ether oxygens (including phenoxy) is 1. The first-order valence-corrected chi connectivity index (χ1v) is 10.5. The molecule has 160 valence electrons. The molecule has 1 amide bonds. The molecule has 1 saturated carbocycles. The lowest BCUT2D eigenvalue weighted by Gasteiger charge is -2.34. The Kier molecular flexibility index (Phi) is 8.25. The zero-order chi connectivity index (χ0) is 20.5. The SMILES string of the molecule is CCNC(=NCC(c1cccc(F)c1)N1CCOCC1)NCCNC(=O)C1CC1. The second-order valence-electron chi connectivity index (χ2n) is 7.43. The molecule has 3 rings (SSSR count). The maximum atomic E-state index is 13.8. The van der Waals surface area contributed by atoms with Crippen molar-refractivity contribution in [2.24, 2.45) is 10.9 Å². The summed E-state index contributed by atoms with van der Waals surface area (Å²) < 4.78 is 19.3. The van der Waals surface area contributed by atoms with Crippen LogP contribution in [0.1, 0.15) is 31.4 Å². The number of nitrogens with one attached hydrogen (secondary N) is 3. The number of benzene rings is 1. The van der Waals surface area contributed by atoms with Crippen molar-refractivity contribution in [3.8, 4) is 0 Å². The molecule has 1 unspecified atom stereocenters. The number of carbonyl (C=O) groups is 1. The highest BCUT2D eigenvalue weighted by molar-refractivity contribution is 5.81. The zero-order valence-electron chi connectivity index (χ0n) is 17.1. The fourth-order valence-corrected chi connectivity index (χ4v) is 3.41. The molecule has 0 aromatic heterocycles. The minimum Gasteiger partial charge on any atom is -0.379 e. The molecule has 3 N–H and O–H groups in total. The van der Waals surface area contributed by atoms with E-state index in [2.05, 4.69) is 20.9 Å². The molecule has 0 bridgehead atoms. The van der Waals surface area contributed by atoms with Gasteiger partial charge in [0.15, 0.2) is 5.96 Å². The third-order valence-electron chi connectivity index (χ3n) is 5.15. The van der Waals surface area contributed by atoms with Gasteiger partial charge in [-0.2, -0.15) is 0 Å². The summed E-state index contributed by atoms with van der Waals surface area (Å²) in [6.07, 6.45) is 2.01. The van der Waals surface area contributed by atoms with Gasteiger partial charge in [0.25, 0.3) is 0 Å². The quantitative estimate of drug-likeness (QED) is 0.328. The monoisotopic (exact) mass is 405 g/mol. The summed E-state index contributed by atoms with van der Waals surface area (Å²) in [4.78, 5) is 18.7. The Hall–Kier alpha value is -2.19. The van der Waals surface area contributed by atoms with E-state index in [9.17, 15) is 9.18 Å². The Balaban J connectivity index is 1.59. The number of guanidine groups is 1. The number of morpholine rings is 1. The number of halogens is 1. The fraction of sp³-hybridized carbons (Fsp3) is 0.619. The number of carbonyl (C=O) groups excluding carboxylic acids is 1. The molecular formula is C21H32FN5O2. The summed E-state index contributed by atoms with van der Waals surface area (Å²) in [5.41, 5.74) is 0.920. The van der Waals surface area contributed by atoms with Gasteiger partial charge in [-0.3, -0.25) is 14.7 Å². The van der Waals surface area contributed by atoms with E-state index in [0.717, 1.165) is 38.0 Å². The molecule has 2 aliphatic rings. The Labute approximate surface area is 172 Å². The van der Waals surface area contributed by atoms with Crippen LogP contribution in [0, 0.1) is 11.7 Å². The first-order chi connectivity index (χ1) is 14.2. The van der Waals surface area contributed by atoms with Crippen molar-refractivity contribution in [3.05, 3.63) is 35.6 Å². The van der Waals surface area contributed by atoms with Crippen LogP contribution in [0.2, 0.25) is 0 Å². The van der Waals surface area contributed by atoms with Crippen molar-refractivity contribution < 1.29 is 13.9 Å². The van der Waals surface area contributed by atoms with E-state index in [4.69, 9.17) is 9.73 Å². The van der Waals surface area contributed by atoms with Crippen molar-refractivity contribution in [3.63, 3.8) is 0 Å². The van der Waals surface area contributed by atoms with Gasteiger partial charge in [0.2, 0.25) is 5.91 Å². The molecule has 1 atom stereocenters. The van der Waals surface area contributed by atoms with Gasteiger partial charge in [-0.1, -0.05) is 12.1 Å². The van der Waals surface area contributed by atoms with Gasteiger partial charge < -0.3 is 20.7 Å². The number of hydrogen-bond donors (Lipinski definition) is 3. The maximum Gasteiger partial charge on any atom is 0.223 e. The van der Waals surface area contributed by atoms with Crippen molar-refractivity contribution in [1.29, 1.82) is 0 Å². The maximum absolute atomic E-state index is 13.8. The second kappa shape index (κ2) is 11.1. The number of amides is 1. The third-order valence-corrected chi connectivity index (χ3v) is 5.15. The molecule has 1 saturated heterocycles. The van der Waals surface area contributed by atoms with E-state index in [0.29, 0.717) is 38.8 Å². The van der Waals surface area contributed by atoms with Gasteiger partial charge in [-0.25, -0.2) is 4.39 Å². The molecule has 0 spiro atoms. The minimum atomic E-state index is -0.235. The van der Waals surface area contributed by atoms with E-state index < -0.39 is 0 Å². The third kappa shape index (κ3) is 6.97. The molecule has 2 fully saturated rings. The van der Waals surface area contributed by atoms with Crippen LogP contribution >= 0.6 is 0 Å². The summed E-state index contributed by atoms with van der Waals surface area (Å²) in [5, 5.41) is 9.44. The van der Waals surface area contributed by atoms with Crippen molar-refractivity contribution in [2.45, 2.75) is 25.8 Å². The van der Waals surface area contributed by atoms with Gasteiger partial charge in [0.05, 0.1) is 25.8 Å². The van der Waals surface area contributed by atoms with Gasteiger partial charge in [-0.15, -0.1) is 0 Å². The predicted molar refractivity (Wildman–Crippen MR) is 111 cm³/mol. The highest BCUT2D eigenvalue weighted by Crippen LogP contribution is 2.28. The Morgan fingerprint density at radius 2 is 2.00 bits per heavy atom. The summed E-state index contributed by atoms with van der Waals surface area (Å²) in [6.45, 7) is 7.38. The number of nitrogens with zero attached hydrogens (tertiary/aromatic N) is 2. The topological polar surface area (TPSA) is 78.0 Å². The van der Waals surface area contributed by atoms with Crippen LogP contribution in [-0.4, -0.2) is 69.2 Å². The standard InChI is InChI=1S/C21H32FN5O2/c1-2-23-21(25-9-8-24-20(28)16-6-7-16)26-15-19(27-10-12-29-13-11-27)17-4-3-5-18(22)14-17/h3-5,14,16,19H,2,6-13,15H2,1H3,(H,24,28)(H2,23,25,26). The number of rotatable bonds is 9. The normalized spacial score (nSPS) is 18.9. The minimum absolute atomic E-state index is 0.0142. The lowest BCUT2D eigenvalue weighted by atomic mass is 10.0. The molecule has 0 radical (unpaired) electrons. The van der Waals surface area contributed by atoms with E-state index >= 15 is 0 Å². The lowest BCUT2D eigenvalue weighted by Crippen LogP contribution is -2.43. The van der Waals surface area contributed by atoms with Crippen LogP contribution in [0.5, 0.6) is 0 Å². The first kappa shape index (κ1) is 21.5. The van der Waals surface area contributed by atoms with Gasteiger partial charge in [0, 0.05) is 38.6 Å². The molecule has 29 heavy (non-hydrogen) atoms. The highest BCUT2D eigenvalue weighted by atomic mass is 19.1.